The van der Waals surface area contributed by atoms with Crippen LogP contribution in [0.25, 0.3) is 11.2 Å². The molecule has 1 unspecified atom stereocenters. The molecule has 1 aliphatic rings. The zero-order valence-corrected chi connectivity index (χ0v) is 10.00. The number of nitrogens with one attached hydrogen (secondary N) is 1. The molecule has 19 heavy (non-hydrogen) atoms. The normalized spacial score (nSPS) is 17.4. The van der Waals surface area contributed by atoms with Gasteiger partial charge >= 0.3 is 0 Å². The molecule has 0 saturated heterocycles. The fourth-order valence-corrected chi connectivity index (χ4v) is 2.35. The van der Waals surface area contributed by atoms with Crippen LogP contribution in [0.4, 0.5) is 5.82 Å². The lowest BCUT2D eigenvalue weighted by atomic mass is 10.1. The fourth-order valence-electron chi connectivity index (χ4n) is 2.35. The number of aromatic amines is 1. The van der Waals surface area contributed by atoms with Gasteiger partial charge < -0.3 is 15.5 Å². The zero-order chi connectivity index (χ0) is 12.8. The monoisotopic (exact) mass is 253 g/mol. The van der Waals surface area contributed by atoms with Crippen LogP contribution in [0.1, 0.15) is 17.5 Å². The first-order valence-corrected chi connectivity index (χ1v) is 6.02. The molecule has 0 bridgehead atoms. The third-order valence-corrected chi connectivity index (χ3v) is 3.29. The average molecular weight is 253 g/mol. The second kappa shape index (κ2) is 3.68. The van der Waals surface area contributed by atoms with Crippen molar-refractivity contribution in [3.05, 3.63) is 42.0 Å². The Kier molecular flexibility index (Phi) is 2.00. The molecule has 1 atom stereocenters. The Morgan fingerprint density at radius 2 is 2.16 bits per heavy atom. The van der Waals surface area contributed by atoms with Crippen molar-refractivity contribution in [1.29, 1.82) is 0 Å². The number of nitrogen functional groups attached to an aromatic ring is 1. The molecular formula is C13H11N5O. The minimum atomic E-state index is -0.119. The topological polar surface area (TPSA) is 89.7 Å². The van der Waals surface area contributed by atoms with E-state index in [0.717, 1.165) is 18.0 Å². The summed E-state index contributed by atoms with van der Waals surface area (Å²) in [5, 5.41) is 0. The number of ether oxygens (including phenoxy) is 1. The Bertz CT molecular complexity index is 742. The fraction of sp³-hybridized carbons (Fsp3) is 0.154. The van der Waals surface area contributed by atoms with Gasteiger partial charge in [-0.3, -0.25) is 0 Å². The Hall–Kier alpha value is -2.63. The molecule has 0 saturated carbocycles. The summed E-state index contributed by atoms with van der Waals surface area (Å²) in [6.45, 7) is 0. The lowest BCUT2D eigenvalue weighted by molar-refractivity contribution is 0.229. The summed E-state index contributed by atoms with van der Waals surface area (Å²) < 4.78 is 5.88. The Morgan fingerprint density at radius 1 is 1.26 bits per heavy atom. The quantitative estimate of drug-likeness (QED) is 0.687. The SMILES string of the molecule is Nc1ncnc2nc(C3Cc4ccccc4O3)[nH]c12. The van der Waals surface area contributed by atoms with E-state index in [1.165, 1.54) is 11.9 Å². The molecule has 3 aromatic rings. The van der Waals surface area contributed by atoms with E-state index in [1.807, 2.05) is 18.2 Å². The summed E-state index contributed by atoms with van der Waals surface area (Å²) in [4.78, 5) is 15.6. The predicted molar refractivity (Wildman–Crippen MR) is 69.6 cm³/mol. The van der Waals surface area contributed by atoms with Crippen LogP contribution in [0.15, 0.2) is 30.6 Å². The first kappa shape index (κ1) is 10.3. The lowest BCUT2D eigenvalue weighted by Gasteiger charge is -2.06. The number of aromatic nitrogens is 4. The second-order valence-electron chi connectivity index (χ2n) is 4.50. The Morgan fingerprint density at radius 3 is 3.00 bits per heavy atom. The maximum Gasteiger partial charge on any atom is 0.183 e. The van der Waals surface area contributed by atoms with Crippen molar-refractivity contribution in [2.24, 2.45) is 0 Å². The van der Waals surface area contributed by atoms with Crippen LogP contribution in [-0.4, -0.2) is 19.9 Å². The number of rotatable bonds is 1. The molecule has 0 radical (unpaired) electrons. The average Bonchev–Trinajstić information content (AvgIpc) is 3.02. The van der Waals surface area contributed by atoms with Crippen LogP contribution in [0, 0.1) is 0 Å². The van der Waals surface area contributed by atoms with Crippen molar-refractivity contribution < 1.29 is 4.74 Å². The van der Waals surface area contributed by atoms with Gasteiger partial charge in [0.1, 0.15) is 17.6 Å². The van der Waals surface area contributed by atoms with Gasteiger partial charge in [0.15, 0.2) is 23.4 Å². The summed E-state index contributed by atoms with van der Waals surface area (Å²) in [7, 11) is 0. The zero-order valence-electron chi connectivity index (χ0n) is 10.00. The number of imidazole rings is 1. The van der Waals surface area contributed by atoms with Gasteiger partial charge in [0, 0.05) is 6.42 Å². The maximum absolute atomic E-state index is 5.88. The molecular weight excluding hydrogens is 242 g/mol. The first-order chi connectivity index (χ1) is 9.31. The van der Waals surface area contributed by atoms with E-state index < -0.39 is 0 Å². The summed E-state index contributed by atoms with van der Waals surface area (Å²) in [6, 6.07) is 7.99. The third-order valence-electron chi connectivity index (χ3n) is 3.29. The highest BCUT2D eigenvalue weighted by molar-refractivity contribution is 5.81. The smallest absolute Gasteiger partial charge is 0.183 e. The highest BCUT2D eigenvalue weighted by Crippen LogP contribution is 2.35. The van der Waals surface area contributed by atoms with Crippen LogP contribution in [-0.2, 0) is 6.42 Å². The van der Waals surface area contributed by atoms with Crippen molar-refractivity contribution in [2.75, 3.05) is 5.73 Å². The summed E-state index contributed by atoms with van der Waals surface area (Å²) >= 11 is 0. The molecule has 6 nitrogen and oxygen atoms in total. The largest absolute Gasteiger partial charge is 0.482 e. The van der Waals surface area contributed by atoms with E-state index in [-0.39, 0.29) is 6.10 Å². The number of para-hydroxylation sites is 1. The van der Waals surface area contributed by atoms with Crippen molar-refractivity contribution >= 4 is 17.0 Å². The molecule has 2 aromatic heterocycles. The van der Waals surface area contributed by atoms with E-state index in [4.69, 9.17) is 10.5 Å². The molecule has 6 heteroatoms. The first-order valence-electron chi connectivity index (χ1n) is 6.02. The van der Waals surface area contributed by atoms with E-state index in [9.17, 15) is 0 Å². The van der Waals surface area contributed by atoms with Crippen molar-refractivity contribution in [3.63, 3.8) is 0 Å². The number of hydrogen-bond acceptors (Lipinski definition) is 5. The van der Waals surface area contributed by atoms with E-state index in [0.29, 0.717) is 17.0 Å². The van der Waals surface area contributed by atoms with Crippen LogP contribution < -0.4 is 10.5 Å². The number of hydrogen-bond donors (Lipinski definition) is 2. The molecule has 1 aromatic carbocycles. The Balaban J connectivity index is 1.75. The molecule has 4 rings (SSSR count). The van der Waals surface area contributed by atoms with Crippen LogP contribution in [0.3, 0.4) is 0 Å². The Labute approximate surface area is 108 Å². The molecule has 1 aliphatic heterocycles. The van der Waals surface area contributed by atoms with Gasteiger partial charge in [0.25, 0.3) is 0 Å². The molecule has 3 N–H and O–H groups in total. The van der Waals surface area contributed by atoms with Crippen molar-refractivity contribution in [2.45, 2.75) is 12.5 Å². The number of H-pyrrole nitrogens is 1. The van der Waals surface area contributed by atoms with Gasteiger partial charge in [-0.25, -0.2) is 15.0 Å². The number of nitrogens with zero attached hydrogens (tertiary/aromatic N) is 3. The molecule has 94 valence electrons. The van der Waals surface area contributed by atoms with Crippen LogP contribution >= 0.6 is 0 Å². The lowest BCUT2D eigenvalue weighted by Crippen LogP contribution is -2.05. The number of fused-ring (bicyclic) bond motifs is 2. The van der Waals surface area contributed by atoms with Gasteiger partial charge in [-0.15, -0.1) is 0 Å². The van der Waals surface area contributed by atoms with Gasteiger partial charge in [-0.05, 0) is 11.6 Å². The minimum Gasteiger partial charge on any atom is -0.482 e. The number of nitrogens with two attached hydrogens (primary N) is 1. The molecule has 0 spiro atoms. The minimum absolute atomic E-state index is 0.119. The van der Waals surface area contributed by atoms with E-state index in [2.05, 4.69) is 26.0 Å². The number of anilines is 1. The third kappa shape index (κ3) is 1.53. The molecule has 0 amide bonds. The number of benzene rings is 1. The summed E-state index contributed by atoms with van der Waals surface area (Å²) in [6.07, 6.45) is 2.08. The van der Waals surface area contributed by atoms with Gasteiger partial charge in [-0.2, -0.15) is 0 Å². The molecule has 3 heterocycles. The van der Waals surface area contributed by atoms with Crippen molar-refractivity contribution in [1.82, 2.24) is 19.9 Å². The highest BCUT2D eigenvalue weighted by Gasteiger charge is 2.27. The maximum atomic E-state index is 5.88. The van der Waals surface area contributed by atoms with E-state index >= 15 is 0 Å². The van der Waals surface area contributed by atoms with E-state index in [1.54, 1.807) is 0 Å². The second-order valence-corrected chi connectivity index (χ2v) is 4.50. The highest BCUT2D eigenvalue weighted by atomic mass is 16.5. The molecule has 0 aliphatic carbocycles. The van der Waals surface area contributed by atoms with Crippen LogP contribution in [0.5, 0.6) is 5.75 Å². The molecule has 0 fully saturated rings. The summed E-state index contributed by atoms with van der Waals surface area (Å²) in [5.74, 6) is 2.05. The predicted octanol–water partition coefficient (Wildman–Crippen LogP) is 1.61. The van der Waals surface area contributed by atoms with Gasteiger partial charge in [-0.1, -0.05) is 18.2 Å². The van der Waals surface area contributed by atoms with Gasteiger partial charge in [0.05, 0.1) is 0 Å². The standard InChI is InChI=1S/C13H11N5O/c14-11-10-13(16-6-15-11)18-12(17-10)9-5-7-3-1-2-4-8(7)19-9/h1-4,6,9H,5H2,(H3,14,15,16,17,18). The van der Waals surface area contributed by atoms with Gasteiger partial charge in [0.2, 0.25) is 0 Å². The van der Waals surface area contributed by atoms with Crippen LogP contribution in [0.2, 0.25) is 0 Å². The van der Waals surface area contributed by atoms with Crippen molar-refractivity contribution in [3.8, 4) is 5.75 Å². The summed E-state index contributed by atoms with van der Waals surface area (Å²) in [5.41, 5.74) is 8.21.